The Labute approximate surface area is 158 Å². The SMILES string of the molecule is O=C(CNC(=O)C1CC(=O)N(c2ccccc2Br)C1)Nc1cccnc1. The fourth-order valence-corrected chi connectivity index (χ4v) is 3.24. The van der Waals surface area contributed by atoms with E-state index in [9.17, 15) is 14.4 Å². The zero-order chi connectivity index (χ0) is 18.5. The summed E-state index contributed by atoms with van der Waals surface area (Å²) >= 11 is 3.42. The van der Waals surface area contributed by atoms with Crippen LogP contribution in [0.3, 0.4) is 0 Å². The summed E-state index contributed by atoms with van der Waals surface area (Å²) in [7, 11) is 0. The summed E-state index contributed by atoms with van der Waals surface area (Å²) in [6, 6.07) is 10.8. The largest absolute Gasteiger partial charge is 0.347 e. The first-order chi connectivity index (χ1) is 12.5. The monoisotopic (exact) mass is 416 g/mol. The lowest BCUT2D eigenvalue weighted by atomic mass is 10.1. The van der Waals surface area contributed by atoms with Gasteiger partial charge in [0.15, 0.2) is 0 Å². The van der Waals surface area contributed by atoms with Gasteiger partial charge in [0.25, 0.3) is 0 Å². The first-order valence-corrected chi connectivity index (χ1v) is 8.86. The Hall–Kier alpha value is -2.74. The third-order valence-electron chi connectivity index (χ3n) is 4.01. The van der Waals surface area contributed by atoms with E-state index >= 15 is 0 Å². The molecule has 0 saturated carbocycles. The van der Waals surface area contributed by atoms with Gasteiger partial charge < -0.3 is 15.5 Å². The van der Waals surface area contributed by atoms with Crippen molar-refractivity contribution in [2.24, 2.45) is 5.92 Å². The predicted octanol–water partition coefficient (Wildman–Crippen LogP) is 1.95. The number of hydrogen-bond acceptors (Lipinski definition) is 4. The van der Waals surface area contributed by atoms with Gasteiger partial charge in [0.1, 0.15) is 0 Å². The normalized spacial score (nSPS) is 16.4. The Morgan fingerprint density at radius 1 is 1.23 bits per heavy atom. The molecule has 1 atom stereocenters. The van der Waals surface area contributed by atoms with E-state index in [0.29, 0.717) is 5.69 Å². The quantitative estimate of drug-likeness (QED) is 0.778. The Balaban J connectivity index is 1.53. The fraction of sp³-hybridized carbons (Fsp3) is 0.222. The average Bonchev–Trinajstić information content (AvgIpc) is 3.02. The second kappa shape index (κ2) is 8.09. The molecule has 134 valence electrons. The molecule has 1 aromatic carbocycles. The van der Waals surface area contributed by atoms with Crippen LogP contribution in [0.2, 0.25) is 0 Å². The highest BCUT2D eigenvalue weighted by Gasteiger charge is 2.35. The maximum Gasteiger partial charge on any atom is 0.243 e. The minimum Gasteiger partial charge on any atom is -0.347 e. The highest BCUT2D eigenvalue weighted by Crippen LogP contribution is 2.31. The molecular formula is C18H17BrN4O3. The van der Waals surface area contributed by atoms with Crippen molar-refractivity contribution in [3.05, 3.63) is 53.3 Å². The lowest BCUT2D eigenvalue weighted by Crippen LogP contribution is -2.38. The number of rotatable bonds is 5. The van der Waals surface area contributed by atoms with Crippen LogP contribution in [0.1, 0.15) is 6.42 Å². The number of para-hydroxylation sites is 1. The number of amides is 3. The second-order valence-electron chi connectivity index (χ2n) is 5.86. The second-order valence-corrected chi connectivity index (χ2v) is 6.72. The van der Waals surface area contributed by atoms with Crippen molar-refractivity contribution >= 4 is 45.0 Å². The smallest absolute Gasteiger partial charge is 0.243 e. The van der Waals surface area contributed by atoms with Crippen molar-refractivity contribution in [1.29, 1.82) is 0 Å². The van der Waals surface area contributed by atoms with E-state index in [2.05, 4.69) is 31.5 Å². The Bertz CT molecular complexity index is 828. The molecule has 0 spiro atoms. The molecule has 0 bridgehead atoms. The van der Waals surface area contributed by atoms with Crippen LogP contribution >= 0.6 is 15.9 Å². The van der Waals surface area contributed by atoms with E-state index in [1.807, 2.05) is 24.3 Å². The minimum atomic E-state index is -0.485. The van der Waals surface area contributed by atoms with Gasteiger partial charge >= 0.3 is 0 Å². The highest BCUT2D eigenvalue weighted by molar-refractivity contribution is 9.10. The zero-order valence-corrected chi connectivity index (χ0v) is 15.4. The van der Waals surface area contributed by atoms with E-state index in [1.54, 1.807) is 23.2 Å². The molecule has 1 aromatic heterocycles. The number of nitrogens with zero attached hydrogens (tertiary/aromatic N) is 2. The van der Waals surface area contributed by atoms with Crippen molar-refractivity contribution in [3.63, 3.8) is 0 Å². The summed E-state index contributed by atoms with van der Waals surface area (Å²) in [5.74, 6) is -1.26. The van der Waals surface area contributed by atoms with Crippen LogP contribution in [0.15, 0.2) is 53.3 Å². The van der Waals surface area contributed by atoms with Gasteiger partial charge in [-0.15, -0.1) is 0 Å². The highest BCUT2D eigenvalue weighted by atomic mass is 79.9. The number of carbonyl (C=O) groups excluding carboxylic acids is 3. The van der Waals surface area contributed by atoms with Gasteiger partial charge in [-0.25, -0.2) is 0 Å². The molecule has 7 nitrogen and oxygen atoms in total. The molecule has 1 aliphatic heterocycles. The van der Waals surface area contributed by atoms with Crippen LogP contribution in [0.5, 0.6) is 0 Å². The van der Waals surface area contributed by atoms with Gasteiger partial charge in [-0.2, -0.15) is 0 Å². The van der Waals surface area contributed by atoms with Crippen molar-refractivity contribution in [2.45, 2.75) is 6.42 Å². The first kappa shape index (κ1) is 18.1. The Morgan fingerprint density at radius 2 is 2.04 bits per heavy atom. The van der Waals surface area contributed by atoms with E-state index in [1.165, 1.54) is 6.20 Å². The van der Waals surface area contributed by atoms with Gasteiger partial charge in [-0.05, 0) is 40.2 Å². The van der Waals surface area contributed by atoms with Crippen molar-refractivity contribution < 1.29 is 14.4 Å². The number of nitrogens with one attached hydrogen (secondary N) is 2. The molecule has 1 saturated heterocycles. The molecule has 26 heavy (non-hydrogen) atoms. The summed E-state index contributed by atoms with van der Waals surface area (Å²) < 4.78 is 0.797. The number of pyridine rings is 1. The van der Waals surface area contributed by atoms with Crippen molar-refractivity contribution in [2.75, 3.05) is 23.3 Å². The van der Waals surface area contributed by atoms with Gasteiger partial charge in [-0.3, -0.25) is 19.4 Å². The minimum absolute atomic E-state index is 0.114. The molecule has 3 amide bonds. The standard InChI is InChI=1S/C18H17BrN4O3/c19-14-5-1-2-6-15(14)23-11-12(8-17(23)25)18(26)21-10-16(24)22-13-4-3-7-20-9-13/h1-7,9,12H,8,10-11H2,(H,21,26)(H,22,24). The van der Waals surface area contributed by atoms with Crippen LogP contribution in [0.25, 0.3) is 0 Å². The Kier molecular flexibility index (Phi) is 5.62. The van der Waals surface area contributed by atoms with E-state index in [-0.39, 0.29) is 37.2 Å². The molecule has 0 aliphatic carbocycles. The zero-order valence-electron chi connectivity index (χ0n) is 13.8. The summed E-state index contributed by atoms with van der Waals surface area (Å²) in [5.41, 5.74) is 1.30. The van der Waals surface area contributed by atoms with Gasteiger partial charge in [-0.1, -0.05) is 12.1 Å². The lowest BCUT2D eigenvalue weighted by Gasteiger charge is -2.18. The topological polar surface area (TPSA) is 91.4 Å². The number of hydrogen-bond donors (Lipinski definition) is 2. The molecule has 1 aliphatic rings. The van der Waals surface area contributed by atoms with Crippen molar-refractivity contribution in [3.8, 4) is 0 Å². The van der Waals surface area contributed by atoms with E-state index < -0.39 is 5.92 Å². The maximum atomic E-state index is 12.3. The van der Waals surface area contributed by atoms with Gasteiger partial charge in [0.2, 0.25) is 17.7 Å². The number of benzene rings is 1. The first-order valence-electron chi connectivity index (χ1n) is 8.07. The summed E-state index contributed by atoms with van der Waals surface area (Å²) in [5, 5.41) is 5.23. The Morgan fingerprint density at radius 3 is 2.77 bits per heavy atom. The molecular weight excluding hydrogens is 400 g/mol. The van der Waals surface area contributed by atoms with Crippen LogP contribution in [-0.2, 0) is 14.4 Å². The maximum absolute atomic E-state index is 12.3. The molecule has 2 N–H and O–H groups in total. The predicted molar refractivity (Wildman–Crippen MR) is 100 cm³/mol. The molecule has 3 rings (SSSR count). The summed E-state index contributed by atoms with van der Waals surface area (Å²) in [6.45, 7) is 0.130. The number of aromatic nitrogens is 1. The van der Waals surface area contributed by atoms with E-state index in [4.69, 9.17) is 0 Å². The number of carbonyl (C=O) groups is 3. The molecule has 2 aromatic rings. The third kappa shape index (κ3) is 4.26. The third-order valence-corrected chi connectivity index (χ3v) is 4.68. The van der Waals surface area contributed by atoms with Crippen molar-refractivity contribution in [1.82, 2.24) is 10.3 Å². The average molecular weight is 417 g/mol. The molecule has 1 unspecified atom stereocenters. The lowest BCUT2D eigenvalue weighted by molar-refractivity contribution is -0.127. The van der Waals surface area contributed by atoms with Crippen LogP contribution in [0, 0.1) is 5.92 Å². The van der Waals surface area contributed by atoms with Gasteiger partial charge in [0.05, 0.1) is 30.0 Å². The van der Waals surface area contributed by atoms with Crippen LogP contribution in [-0.4, -0.2) is 35.8 Å². The molecule has 0 radical (unpaired) electrons. The molecule has 1 fully saturated rings. The van der Waals surface area contributed by atoms with Crippen LogP contribution in [0.4, 0.5) is 11.4 Å². The fourth-order valence-electron chi connectivity index (χ4n) is 2.74. The number of halogens is 1. The summed E-state index contributed by atoms with van der Waals surface area (Å²) in [6.07, 6.45) is 3.24. The van der Waals surface area contributed by atoms with Crippen LogP contribution < -0.4 is 15.5 Å². The van der Waals surface area contributed by atoms with E-state index in [0.717, 1.165) is 10.2 Å². The number of anilines is 2. The molecule has 8 heteroatoms. The summed E-state index contributed by atoms with van der Waals surface area (Å²) in [4.78, 5) is 42.0. The van der Waals surface area contributed by atoms with Gasteiger partial charge in [0, 0.05) is 23.6 Å². The molecule has 2 heterocycles.